The SMILES string of the molecule is O=C1NC(=O)N(c2ccc(OCc3ccc(Cl)cc3)cc2)C(=O)/C1=C/c1ccc(OCc2cccc(Cl)c2)cc1. The molecule has 0 unspecified atom stereocenters. The van der Waals surface area contributed by atoms with Gasteiger partial charge in [0.15, 0.2) is 0 Å². The highest BCUT2D eigenvalue weighted by Gasteiger charge is 2.36. The minimum Gasteiger partial charge on any atom is -0.489 e. The summed E-state index contributed by atoms with van der Waals surface area (Å²) in [5.74, 6) is -0.342. The maximum atomic E-state index is 13.2. The second-order valence-electron chi connectivity index (χ2n) is 8.85. The molecule has 0 aliphatic carbocycles. The highest BCUT2D eigenvalue weighted by atomic mass is 35.5. The minimum atomic E-state index is -0.827. The van der Waals surface area contributed by atoms with Crippen LogP contribution in [0.3, 0.4) is 0 Å². The van der Waals surface area contributed by atoms with E-state index in [2.05, 4.69) is 5.32 Å². The monoisotopic (exact) mass is 572 g/mol. The smallest absolute Gasteiger partial charge is 0.335 e. The Balaban J connectivity index is 1.26. The number of barbiturate groups is 1. The van der Waals surface area contributed by atoms with E-state index >= 15 is 0 Å². The largest absolute Gasteiger partial charge is 0.489 e. The standard InChI is InChI=1S/C31H22Cl2N2O5/c32-23-8-4-21(5-9-23)18-39-27-14-10-25(11-15-27)35-30(37)28(29(36)34-31(35)38)17-20-6-12-26(13-7-20)40-19-22-2-1-3-24(33)16-22/h1-17H,18-19H2,(H,34,36,38)/b28-17+. The summed E-state index contributed by atoms with van der Waals surface area (Å²) in [7, 11) is 0. The van der Waals surface area contributed by atoms with Crippen LogP contribution >= 0.6 is 23.2 Å². The Labute approximate surface area is 240 Å². The van der Waals surface area contributed by atoms with E-state index in [1.807, 2.05) is 30.3 Å². The van der Waals surface area contributed by atoms with Gasteiger partial charge in [-0.2, -0.15) is 0 Å². The van der Waals surface area contributed by atoms with Crippen molar-refractivity contribution in [1.82, 2.24) is 5.32 Å². The Morgan fingerprint density at radius 3 is 1.98 bits per heavy atom. The van der Waals surface area contributed by atoms with Gasteiger partial charge in [-0.05, 0) is 83.4 Å². The zero-order chi connectivity index (χ0) is 28.1. The number of amides is 4. The van der Waals surface area contributed by atoms with Gasteiger partial charge in [-0.3, -0.25) is 14.9 Å². The molecule has 0 bridgehead atoms. The highest BCUT2D eigenvalue weighted by Crippen LogP contribution is 2.25. The van der Waals surface area contributed by atoms with Crippen molar-refractivity contribution < 1.29 is 23.9 Å². The van der Waals surface area contributed by atoms with Crippen LogP contribution in [0, 0.1) is 0 Å². The van der Waals surface area contributed by atoms with Crippen molar-refractivity contribution in [1.29, 1.82) is 0 Å². The van der Waals surface area contributed by atoms with Gasteiger partial charge >= 0.3 is 6.03 Å². The number of anilines is 1. The molecule has 1 N–H and O–H groups in total. The van der Waals surface area contributed by atoms with Crippen LogP contribution in [0.5, 0.6) is 11.5 Å². The number of carbonyl (C=O) groups excluding carboxylic acids is 3. The van der Waals surface area contributed by atoms with Crippen molar-refractivity contribution >= 4 is 52.8 Å². The molecule has 1 aliphatic rings. The molecule has 1 heterocycles. The highest BCUT2D eigenvalue weighted by molar-refractivity contribution is 6.39. The summed E-state index contributed by atoms with van der Waals surface area (Å²) < 4.78 is 11.6. The summed E-state index contributed by atoms with van der Waals surface area (Å²) in [6.07, 6.45) is 1.43. The Hall–Kier alpha value is -4.59. The van der Waals surface area contributed by atoms with Crippen LogP contribution in [0.2, 0.25) is 10.0 Å². The second kappa shape index (κ2) is 12.1. The zero-order valence-corrected chi connectivity index (χ0v) is 22.5. The van der Waals surface area contributed by atoms with E-state index in [9.17, 15) is 14.4 Å². The van der Waals surface area contributed by atoms with Crippen molar-refractivity contribution in [3.8, 4) is 11.5 Å². The number of imide groups is 2. The fourth-order valence-corrected chi connectivity index (χ4v) is 4.29. The molecule has 1 saturated heterocycles. The minimum absolute atomic E-state index is 0.171. The van der Waals surface area contributed by atoms with Crippen molar-refractivity contribution in [2.24, 2.45) is 0 Å². The average Bonchev–Trinajstić information content (AvgIpc) is 2.95. The number of nitrogens with zero attached hydrogens (tertiary/aromatic N) is 1. The van der Waals surface area contributed by atoms with E-state index in [1.165, 1.54) is 6.08 Å². The van der Waals surface area contributed by atoms with E-state index in [4.69, 9.17) is 32.7 Å². The molecule has 0 spiro atoms. The Morgan fingerprint density at radius 2 is 1.32 bits per heavy atom. The zero-order valence-electron chi connectivity index (χ0n) is 21.0. The fraction of sp³-hybridized carbons (Fsp3) is 0.0645. The van der Waals surface area contributed by atoms with Crippen LogP contribution < -0.4 is 19.7 Å². The van der Waals surface area contributed by atoms with E-state index in [1.54, 1.807) is 66.7 Å². The molecule has 0 radical (unpaired) electrons. The summed E-state index contributed by atoms with van der Waals surface area (Å²) in [5.41, 5.74) is 2.58. The number of urea groups is 1. The molecule has 4 aromatic carbocycles. The number of hydrogen-bond acceptors (Lipinski definition) is 5. The predicted molar refractivity (Wildman–Crippen MR) is 153 cm³/mol. The summed E-state index contributed by atoms with van der Waals surface area (Å²) in [5, 5.41) is 3.50. The van der Waals surface area contributed by atoms with E-state index in [-0.39, 0.29) is 5.57 Å². The molecule has 200 valence electrons. The maximum absolute atomic E-state index is 13.2. The molecular weight excluding hydrogens is 551 g/mol. The lowest BCUT2D eigenvalue weighted by Gasteiger charge is -2.26. The molecule has 5 rings (SSSR count). The molecule has 0 aromatic heterocycles. The molecule has 1 aliphatic heterocycles. The summed E-state index contributed by atoms with van der Waals surface area (Å²) in [6.45, 7) is 0.662. The molecule has 0 saturated carbocycles. The summed E-state index contributed by atoms with van der Waals surface area (Å²) in [4.78, 5) is 39.2. The van der Waals surface area contributed by atoms with E-state index < -0.39 is 17.8 Å². The first kappa shape index (κ1) is 27.0. The molecular formula is C31H22Cl2N2O5. The fourth-order valence-electron chi connectivity index (χ4n) is 3.95. The van der Waals surface area contributed by atoms with Gasteiger partial charge in [0, 0.05) is 10.0 Å². The lowest BCUT2D eigenvalue weighted by Crippen LogP contribution is -2.54. The Kier molecular flexibility index (Phi) is 8.15. The third kappa shape index (κ3) is 6.51. The number of halogens is 2. The quantitative estimate of drug-likeness (QED) is 0.185. The second-order valence-corrected chi connectivity index (χ2v) is 9.73. The number of carbonyl (C=O) groups is 3. The summed E-state index contributed by atoms with van der Waals surface area (Å²) >= 11 is 11.9. The van der Waals surface area contributed by atoms with Gasteiger partial charge in [0.1, 0.15) is 30.3 Å². The first-order valence-electron chi connectivity index (χ1n) is 12.2. The third-order valence-electron chi connectivity index (χ3n) is 6.00. The van der Waals surface area contributed by atoms with Crippen LogP contribution in [0.1, 0.15) is 16.7 Å². The molecule has 4 aromatic rings. The molecule has 1 fully saturated rings. The molecule has 7 nitrogen and oxygen atoms in total. The Morgan fingerprint density at radius 1 is 0.700 bits per heavy atom. The number of benzene rings is 4. The maximum Gasteiger partial charge on any atom is 0.335 e. The van der Waals surface area contributed by atoms with Gasteiger partial charge in [-0.1, -0.05) is 59.6 Å². The van der Waals surface area contributed by atoms with Crippen LogP contribution in [0.4, 0.5) is 10.5 Å². The predicted octanol–water partition coefficient (Wildman–Crippen LogP) is 6.82. The van der Waals surface area contributed by atoms with E-state index in [0.717, 1.165) is 16.0 Å². The van der Waals surface area contributed by atoms with Crippen molar-refractivity contribution in [3.63, 3.8) is 0 Å². The normalized spacial score (nSPS) is 14.3. The molecule has 4 amide bonds. The van der Waals surface area contributed by atoms with Crippen LogP contribution in [0.15, 0.2) is 103 Å². The van der Waals surface area contributed by atoms with Crippen LogP contribution in [0.25, 0.3) is 6.08 Å². The molecule has 0 atom stereocenters. The van der Waals surface area contributed by atoms with E-state index in [0.29, 0.717) is 46.0 Å². The molecule has 40 heavy (non-hydrogen) atoms. The number of ether oxygens (including phenoxy) is 2. The van der Waals surface area contributed by atoms with Gasteiger partial charge in [0.2, 0.25) is 0 Å². The summed E-state index contributed by atoms with van der Waals surface area (Å²) in [6, 6.07) is 27.2. The number of hydrogen-bond donors (Lipinski definition) is 1. The number of nitrogens with one attached hydrogen (secondary N) is 1. The van der Waals surface area contributed by atoms with Gasteiger partial charge in [0.05, 0.1) is 5.69 Å². The Bertz CT molecular complexity index is 1580. The first-order valence-corrected chi connectivity index (χ1v) is 13.0. The van der Waals surface area contributed by atoms with Gasteiger partial charge in [-0.25, -0.2) is 9.69 Å². The third-order valence-corrected chi connectivity index (χ3v) is 6.49. The first-order chi connectivity index (χ1) is 19.4. The van der Waals surface area contributed by atoms with Crippen LogP contribution in [-0.2, 0) is 22.8 Å². The topological polar surface area (TPSA) is 84.9 Å². The van der Waals surface area contributed by atoms with Gasteiger partial charge in [0.25, 0.3) is 11.8 Å². The molecule has 9 heteroatoms. The lowest BCUT2D eigenvalue weighted by molar-refractivity contribution is -0.122. The number of rotatable bonds is 8. The van der Waals surface area contributed by atoms with Gasteiger partial charge < -0.3 is 9.47 Å². The lowest BCUT2D eigenvalue weighted by atomic mass is 10.1. The van der Waals surface area contributed by atoms with Crippen LogP contribution in [-0.4, -0.2) is 17.8 Å². The van der Waals surface area contributed by atoms with Gasteiger partial charge in [-0.15, -0.1) is 0 Å². The average molecular weight is 573 g/mol. The van der Waals surface area contributed by atoms with Crippen molar-refractivity contribution in [2.75, 3.05) is 4.90 Å². The van der Waals surface area contributed by atoms with Crippen molar-refractivity contribution in [2.45, 2.75) is 13.2 Å². The van der Waals surface area contributed by atoms with Crippen molar-refractivity contribution in [3.05, 3.63) is 129 Å².